The smallest absolute Gasteiger partial charge is 0.369 e. The van der Waals surface area contributed by atoms with Crippen LogP contribution in [-0.4, -0.2) is 140 Å². The van der Waals surface area contributed by atoms with Crippen LogP contribution in [0.2, 0.25) is 5.02 Å². The molecule has 11 nitrogen and oxygen atoms in total. The van der Waals surface area contributed by atoms with Gasteiger partial charge in [-0.1, -0.05) is 129 Å². The lowest BCUT2D eigenvalue weighted by atomic mass is 9.77. The minimum atomic E-state index is -4.51. The fourth-order valence-corrected chi connectivity index (χ4v) is 14.4. The van der Waals surface area contributed by atoms with E-state index in [1.807, 2.05) is 31.7 Å². The molecule has 1 spiro atoms. The van der Waals surface area contributed by atoms with Crippen LogP contribution in [0.5, 0.6) is 0 Å². The maximum Gasteiger partial charge on any atom is 0.417 e. The Balaban J connectivity index is 1.32. The molecule has 0 bridgehead atoms. The molecule has 3 fully saturated rings. The van der Waals surface area contributed by atoms with Crippen LogP contribution in [0.3, 0.4) is 0 Å². The maximum absolute atomic E-state index is 13.7. The maximum atomic E-state index is 13.7. The quantitative estimate of drug-likeness (QED) is 0.116. The fraction of sp³-hybridized carbons (Fsp3) is 0.704. The molecule has 4 aliphatic rings. The number of aryl methyl sites for hydroxylation is 2. The molecule has 0 radical (unpaired) electrons. The Morgan fingerprint density at radius 1 is 0.802 bits per heavy atom. The van der Waals surface area contributed by atoms with Crippen molar-refractivity contribution in [3.05, 3.63) is 118 Å². The second-order valence-electron chi connectivity index (χ2n) is 27.7. The highest BCUT2D eigenvalue weighted by atomic mass is 35.5. The van der Waals surface area contributed by atoms with E-state index < -0.39 is 11.7 Å². The lowest BCUT2D eigenvalue weighted by molar-refractivity contribution is -0.137. The molecule has 3 aliphatic heterocycles. The molecular weight excluding hydrogens is 1100 g/mol. The summed E-state index contributed by atoms with van der Waals surface area (Å²) in [6.45, 7) is 37.4. The number of nitrogens with zero attached hydrogens (tertiary/aromatic N) is 5. The van der Waals surface area contributed by atoms with E-state index in [2.05, 4.69) is 185 Å². The van der Waals surface area contributed by atoms with Crippen LogP contribution in [0.1, 0.15) is 176 Å². The first kappa shape index (κ1) is 71.2. The predicted octanol–water partition coefficient (Wildman–Crippen LogP) is 13.9. The molecule has 0 amide bonds. The summed E-state index contributed by atoms with van der Waals surface area (Å²) in [6, 6.07) is 15.6. The van der Waals surface area contributed by atoms with Gasteiger partial charge in [0, 0.05) is 162 Å². The van der Waals surface area contributed by atoms with Crippen molar-refractivity contribution in [2.24, 2.45) is 34.6 Å². The Morgan fingerprint density at radius 2 is 1.50 bits per heavy atom. The summed E-state index contributed by atoms with van der Waals surface area (Å²) in [5.74, 6) is 2.96. The van der Waals surface area contributed by atoms with Gasteiger partial charge in [-0.3, -0.25) is 9.89 Å². The molecule has 86 heavy (non-hydrogen) atoms. The lowest BCUT2D eigenvalue weighted by Crippen LogP contribution is -2.70. The van der Waals surface area contributed by atoms with Crippen LogP contribution in [0, 0.1) is 36.5 Å². The van der Waals surface area contributed by atoms with Crippen LogP contribution in [0.25, 0.3) is 0 Å². The Hall–Kier alpha value is -3.89. The standard InChI is InChI=1S/C71H117ClF3N11/c1-16-52(8)67-43-80-66(40-50(5)6)55(11)79-44-68-60(39-49(3)4)45-86(68)69(53(9)17-2)56(12)82-70(31-18-19-32-70)48-77-35-34-76-33-30-61(28-26-59-27-29-64(65(72)42-59)71(73,74)75)78-36-38-83(14)46-63(41-58-24-22-51(7)23-25-58)84(15)47-62-21-20-37-85(62)57(13)54(10)81-67/h22-25,27,29-30,33,36,38,42,46-47,49-50,52-57,60,66-69,77-82H,16-21,26,28,31-32,34-35,37,39-41,43-45,48H2,1-15H3/t52-,53-,54?,55?,56?,57-,60+,66-,67+,68?,69-/m0/s1. The first-order valence-electron chi connectivity index (χ1n) is 33.5. The van der Waals surface area contributed by atoms with Gasteiger partial charge in [-0.15, -0.1) is 0 Å². The minimum absolute atomic E-state index is 0.0291. The number of aliphatic imine (C=N–C) groups is 1. The Morgan fingerprint density at radius 3 is 2.16 bits per heavy atom. The Bertz CT molecular complexity index is 2480. The van der Waals surface area contributed by atoms with Gasteiger partial charge in [-0.25, -0.2) is 0 Å². The normalized spacial score (nSPS) is 27.8. The number of allylic oxidation sites excluding steroid dienone is 4. The van der Waals surface area contributed by atoms with Crippen LogP contribution < -0.4 is 31.9 Å². The topological polar surface area (TPSA) is 97.5 Å². The van der Waals surface area contributed by atoms with Crippen molar-refractivity contribution in [1.82, 2.24) is 51.5 Å². The fourth-order valence-electron chi connectivity index (χ4n) is 14.1. The van der Waals surface area contributed by atoms with E-state index in [4.69, 9.17) is 16.6 Å². The number of fused-ring (bicyclic) bond motifs is 2. The molecule has 484 valence electrons. The number of benzene rings is 2. The van der Waals surface area contributed by atoms with Gasteiger partial charge < -0.3 is 46.6 Å². The lowest BCUT2D eigenvalue weighted by Gasteiger charge is -2.56. The van der Waals surface area contributed by atoms with Crippen molar-refractivity contribution in [2.45, 2.75) is 234 Å². The second kappa shape index (κ2) is 34.3. The van der Waals surface area contributed by atoms with E-state index >= 15 is 0 Å². The molecule has 0 aromatic heterocycles. The van der Waals surface area contributed by atoms with Crippen LogP contribution in [0.4, 0.5) is 13.2 Å². The molecule has 11 atom stereocenters. The molecule has 1 saturated carbocycles. The zero-order valence-electron chi connectivity index (χ0n) is 55.9. The summed E-state index contributed by atoms with van der Waals surface area (Å²) in [7, 11) is 4.23. The number of rotatable bonds is 13. The van der Waals surface area contributed by atoms with Crippen LogP contribution >= 0.6 is 11.6 Å². The molecule has 6 rings (SSSR count). The second-order valence-corrected chi connectivity index (χ2v) is 28.1. The number of halogens is 4. The molecule has 1 aliphatic carbocycles. The third-order valence-corrected chi connectivity index (χ3v) is 20.0. The SMILES string of the molecule is CC[C@H](C)[C@H]1C(C)NC2(CCCC2)CNCCN=CC=C(CCc2ccc(C(F)(F)F)c(Cl)c2)NC=CN(C)C=C(Cc2ccc(C)cc2)N(C)C=C2CCCN2[C@@H](C)C(C)N[C@@H]([C@@H](C)CC)CN[C@@H](CC(C)C)C(C)NCC2[C@H](CC(C)C)CN21. The van der Waals surface area contributed by atoms with Crippen molar-refractivity contribution < 1.29 is 13.2 Å². The number of nitrogens with one attached hydrogen (secondary N) is 6. The van der Waals surface area contributed by atoms with Crippen molar-refractivity contribution in [1.29, 1.82) is 0 Å². The van der Waals surface area contributed by atoms with E-state index in [1.54, 1.807) is 0 Å². The number of hydrogen-bond acceptors (Lipinski definition) is 11. The highest BCUT2D eigenvalue weighted by Crippen LogP contribution is 2.39. The zero-order chi connectivity index (χ0) is 62.7. The molecular formula is C71H117ClF3N11. The van der Waals surface area contributed by atoms with Crippen molar-refractivity contribution in [3.8, 4) is 0 Å². The van der Waals surface area contributed by atoms with Crippen molar-refractivity contribution >= 4 is 17.8 Å². The minimum Gasteiger partial charge on any atom is -0.369 e. The molecule has 2 saturated heterocycles. The molecule has 15 heteroatoms. The van der Waals surface area contributed by atoms with Gasteiger partial charge in [-0.2, -0.15) is 13.2 Å². The summed E-state index contributed by atoms with van der Waals surface area (Å²) in [4.78, 5) is 14.8. The van der Waals surface area contributed by atoms with Gasteiger partial charge in [0.25, 0.3) is 0 Å². The third-order valence-electron chi connectivity index (χ3n) is 19.7. The van der Waals surface area contributed by atoms with Gasteiger partial charge in [0.05, 0.1) is 17.1 Å². The molecule has 3 heterocycles. The van der Waals surface area contributed by atoms with Crippen molar-refractivity contribution in [3.63, 3.8) is 0 Å². The average molecular weight is 1220 g/mol. The third kappa shape index (κ3) is 21.4. The van der Waals surface area contributed by atoms with E-state index in [0.29, 0.717) is 85.2 Å². The van der Waals surface area contributed by atoms with Gasteiger partial charge in [0.1, 0.15) is 0 Å². The van der Waals surface area contributed by atoms with E-state index in [9.17, 15) is 13.2 Å². The average Bonchev–Trinajstić information content (AvgIpc) is 0.863. The highest BCUT2D eigenvalue weighted by Gasteiger charge is 2.47. The zero-order valence-corrected chi connectivity index (χ0v) is 56.7. The van der Waals surface area contributed by atoms with Gasteiger partial charge in [-0.05, 0) is 145 Å². The largest absolute Gasteiger partial charge is 0.417 e. The Labute approximate surface area is 525 Å². The van der Waals surface area contributed by atoms with Gasteiger partial charge >= 0.3 is 6.18 Å². The van der Waals surface area contributed by atoms with Crippen molar-refractivity contribution in [2.75, 3.05) is 59.9 Å². The number of hydrogen-bond donors (Lipinski definition) is 6. The summed E-state index contributed by atoms with van der Waals surface area (Å²) < 4.78 is 41.0. The summed E-state index contributed by atoms with van der Waals surface area (Å²) >= 11 is 6.19. The molecule has 2 aromatic rings. The van der Waals surface area contributed by atoms with E-state index in [-0.39, 0.29) is 22.6 Å². The first-order valence-corrected chi connectivity index (χ1v) is 33.9. The number of likely N-dealkylation sites (N-methyl/N-ethyl adjacent to an activating group) is 1. The number of alkyl halides is 3. The highest BCUT2D eigenvalue weighted by molar-refractivity contribution is 6.31. The molecule has 2 aromatic carbocycles. The summed E-state index contributed by atoms with van der Waals surface area (Å²) in [5.41, 5.74) is 5.80. The van der Waals surface area contributed by atoms with Gasteiger partial charge in [0.2, 0.25) is 0 Å². The van der Waals surface area contributed by atoms with Crippen LogP contribution in [-0.2, 0) is 19.0 Å². The summed E-state index contributed by atoms with van der Waals surface area (Å²) in [5, 5.41) is 24.1. The van der Waals surface area contributed by atoms with Gasteiger partial charge in [0.15, 0.2) is 0 Å². The first-order chi connectivity index (χ1) is 40.9. The monoisotopic (exact) mass is 1220 g/mol. The Kier molecular flexibility index (Phi) is 28.4. The van der Waals surface area contributed by atoms with E-state index in [1.165, 1.54) is 48.2 Å². The van der Waals surface area contributed by atoms with E-state index in [0.717, 1.165) is 114 Å². The summed E-state index contributed by atoms with van der Waals surface area (Å²) in [6.07, 6.45) is 21.2. The molecule has 4 unspecified atom stereocenters. The van der Waals surface area contributed by atoms with Crippen LogP contribution in [0.15, 0.2) is 95.4 Å². The molecule has 6 N–H and O–H groups in total. The predicted molar refractivity (Wildman–Crippen MR) is 358 cm³/mol.